The van der Waals surface area contributed by atoms with Crippen molar-refractivity contribution < 1.29 is 19.0 Å². The van der Waals surface area contributed by atoms with E-state index in [9.17, 15) is 14.3 Å². The first kappa shape index (κ1) is 22.4. The number of halogens is 1. The molecule has 4 aromatic rings. The first-order valence-corrected chi connectivity index (χ1v) is 12.0. The van der Waals surface area contributed by atoms with Gasteiger partial charge in [-0.2, -0.15) is 5.10 Å². The molecule has 174 valence electrons. The molecular formula is C26H24FN3O3S. The third-order valence-electron chi connectivity index (χ3n) is 5.75. The monoisotopic (exact) mass is 477 g/mol. The van der Waals surface area contributed by atoms with Crippen molar-refractivity contribution in [2.75, 3.05) is 0 Å². The molecule has 0 saturated carbocycles. The van der Waals surface area contributed by atoms with Gasteiger partial charge in [0.05, 0.1) is 34.1 Å². The molecule has 2 aromatic heterocycles. The lowest BCUT2D eigenvalue weighted by Gasteiger charge is -2.23. The lowest BCUT2D eigenvalue weighted by Crippen LogP contribution is -2.31. The molecule has 0 amide bonds. The number of thiazole rings is 1. The SMILES string of the molecule is CC(C)c1nn(-c2nc3ccccc3s2)c(-c2ccc(F)cc2)c1C=C[C@@H]1C[C@@H](O)CC(=O)O1. The largest absolute Gasteiger partial charge is 0.458 e. The van der Waals surface area contributed by atoms with Gasteiger partial charge in [0, 0.05) is 17.5 Å². The van der Waals surface area contributed by atoms with Crippen LogP contribution in [-0.2, 0) is 9.53 Å². The minimum absolute atomic E-state index is 0.0119. The van der Waals surface area contributed by atoms with Crippen molar-refractivity contribution in [2.45, 2.75) is 44.8 Å². The number of aromatic nitrogens is 3. The standard InChI is InChI=1S/C26H24FN3O3S/c1-15(2)24-20(12-11-19-13-18(31)14-23(32)33-19)25(16-7-9-17(27)10-8-16)30(29-24)26-28-21-5-3-4-6-22(21)34-26/h3-12,15,18-19,31H,13-14H2,1-2H3/t18-,19-/m1/s1. The number of nitrogens with zero attached hydrogens (tertiary/aromatic N) is 3. The lowest BCUT2D eigenvalue weighted by atomic mass is 9.98. The number of carbonyl (C=O) groups is 1. The third kappa shape index (κ3) is 4.38. The molecule has 3 heterocycles. The molecule has 0 bridgehead atoms. The summed E-state index contributed by atoms with van der Waals surface area (Å²) in [5.74, 6) is -0.644. The summed E-state index contributed by atoms with van der Waals surface area (Å²) in [6, 6.07) is 14.2. The molecule has 1 aliphatic heterocycles. The number of ether oxygens (including phenoxy) is 1. The van der Waals surface area contributed by atoms with Crippen molar-refractivity contribution in [2.24, 2.45) is 0 Å². The van der Waals surface area contributed by atoms with Crippen molar-refractivity contribution in [1.29, 1.82) is 0 Å². The molecule has 1 saturated heterocycles. The fourth-order valence-corrected chi connectivity index (χ4v) is 5.07. The Labute approximate surface area is 200 Å². The Kier molecular flexibility index (Phi) is 6.02. The van der Waals surface area contributed by atoms with Gasteiger partial charge in [0.15, 0.2) is 0 Å². The molecule has 6 nitrogen and oxygen atoms in total. The highest BCUT2D eigenvalue weighted by Gasteiger charge is 2.27. The van der Waals surface area contributed by atoms with Gasteiger partial charge in [0.1, 0.15) is 11.9 Å². The normalized spacial score (nSPS) is 18.8. The van der Waals surface area contributed by atoms with Gasteiger partial charge < -0.3 is 9.84 Å². The van der Waals surface area contributed by atoms with Crippen LogP contribution in [0.15, 0.2) is 54.6 Å². The van der Waals surface area contributed by atoms with E-state index < -0.39 is 18.2 Å². The summed E-state index contributed by atoms with van der Waals surface area (Å²) in [6.45, 7) is 4.11. The van der Waals surface area contributed by atoms with Gasteiger partial charge in [-0.15, -0.1) is 0 Å². The molecule has 2 atom stereocenters. The maximum absolute atomic E-state index is 13.7. The minimum atomic E-state index is -0.720. The van der Waals surface area contributed by atoms with Gasteiger partial charge in [0.2, 0.25) is 5.13 Å². The molecule has 1 aliphatic rings. The van der Waals surface area contributed by atoms with E-state index in [1.54, 1.807) is 18.2 Å². The zero-order chi connectivity index (χ0) is 23.8. The fourth-order valence-electron chi connectivity index (χ4n) is 4.14. The van der Waals surface area contributed by atoms with Crippen molar-refractivity contribution in [1.82, 2.24) is 14.8 Å². The van der Waals surface area contributed by atoms with E-state index >= 15 is 0 Å². The van der Waals surface area contributed by atoms with E-state index in [0.717, 1.165) is 32.7 Å². The van der Waals surface area contributed by atoms with E-state index in [4.69, 9.17) is 14.8 Å². The molecular weight excluding hydrogens is 453 g/mol. The number of fused-ring (bicyclic) bond motifs is 1. The van der Waals surface area contributed by atoms with Crippen LogP contribution in [0, 0.1) is 5.82 Å². The molecule has 1 N–H and O–H groups in total. The van der Waals surface area contributed by atoms with E-state index in [0.29, 0.717) is 11.6 Å². The predicted molar refractivity (Wildman–Crippen MR) is 130 cm³/mol. The van der Waals surface area contributed by atoms with Gasteiger partial charge >= 0.3 is 5.97 Å². The second-order valence-electron chi connectivity index (χ2n) is 8.67. The summed E-state index contributed by atoms with van der Waals surface area (Å²) < 4.78 is 22.0. The van der Waals surface area contributed by atoms with Crippen LogP contribution in [0.1, 0.15) is 43.9 Å². The molecule has 1 fully saturated rings. The highest BCUT2D eigenvalue weighted by Crippen LogP contribution is 2.36. The molecule has 0 spiro atoms. The van der Waals surface area contributed by atoms with Gasteiger partial charge in [-0.05, 0) is 48.4 Å². The Hall–Kier alpha value is -3.36. The number of carbonyl (C=O) groups excluding carboxylic acids is 1. The average molecular weight is 478 g/mol. The zero-order valence-corrected chi connectivity index (χ0v) is 19.6. The van der Waals surface area contributed by atoms with Gasteiger partial charge in [-0.3, -0.25) is 4.79 Å². The van der Waals surface area contributed by atoms with Crippen LogP contribution < -0.4 is 0 Å². The molecule has 5 rings (SSSR count). The van der Waals surface area contributed by atoms with E-state index in [1.165, 1.54) is 23.5 Å². The van der Waals surface area contributed by atoms with E-state index in [1.807, 2.05) is 35.0 Å². The Morgan fingerprint density at radius 1 is 1.21 bits per heavy atom. The fraction of sp³-hybridized carbons (Fsp3) is 0.269. The lowest BCUT2D eigenvalue weighted by molar-refractivity contribution is -0.156. The van der Waals surface area contributed by atoms with E-state index in [2.05, 4.69) is 13.8 Å². The van der Waals surface area contributed by atoms with E-state index in [-0.39, 0.29) is 18.2 Å². The smallest absolute Gasteiger partial charge is 0.309 e. The van der Waals surface area contributed by atoms with Gasteiger partial charge in [-0.25, -0.2) is 14.1 Å². The van der Waals surface area contributed by atoms with Crippen molar-refractivity contribution in [3.05, 3.63) is 71.7 Å². The Balaban J connectivity index is 1.68. The highest BCUT2D eigenvalue weighted by atomic mass is 32.1. The van der Waals surface area contributed by atoms with Crippen molar-refractivity contribution in [3.63, 3.8) is 0 Å². The number of esters is 1. The van der Waals surface area contributed by atoms with Crippen LogP contribution in [0.3, 0.4) is 0 Å². The second-order valence-corrected chi connectivity index (χ2v) is 9.68. The number of rotatable bonds is 5. The summed E-state index contributed by atoms with van der Waals surface area (Å²) in [5, 5.41) is 15.6. The molecule has 2 aromatic carbocycles. The number of hydrogen-bond acceptors (Lipinski definition) is 6. The van der Waals surface area contributed by atoms with Crippen LogP contribution in [0.2, 0.25) is 0 Å². The van der Waals surface area contributed by atoms with Crippen LogP contribution in [0.25, 0.3) is 32.7 Å². The van der Waals surface area contributed by atoms with Crippen LogP contribution in [-0.4, -0.2) is 38.0 Å². The summed E-state index contributed by atoms with van der Waals surface area (Å²) in [7, 11) is 0. The van der Waals surface area contributed by atoms with Crippen LogP contribution in [0.4, 0.5) is 4.39 Å². The summed E-state index contributed by atoms with van der Waals surface area (Å²) >= 11 is 1.53. The second kappa shape index (κ2) is 9.12. The van der Waals surface area contributed by atoms with Crippen LogP contribution >= 0.6 is 11.3 Å². The molecule has 34 heavy (non-hydrogen) atoms. The minimum Gasteiger partial charge on any atom is -0.458 e. The Morgan fingerprint density at radius 3 is 2.68 bits per heavy atom. The molecule has 0 unspecified atom stereocenters. The molecule has 0 radical (unpaired) electrons. The number of para-hydroxylation sites is 1. The number of cyclic esters (lactones) is 1. The maximum atomic E-state index is 13.7. The quantitative estimate of drug-likeness (QED) is 0.385. The van der Waals surface area contributed by atoms with Crippen molar-refractivity contribution in [3.8, 4) is 16.4 Å². The number of aliphatic hydroxyl groups excluding tert-OH is 1. The topological polar surface area (TPSA) is 77.2 Å². The van der Waals surface area contributed by atoms with Gasteiger partial charge in [0.25, 0.3) is 0 Å². The number of hydrogen-bond donors (Lipinski definition) is 1. The van der Waals surface area contributed by atoms with Crippen LogP contribution in [0.5, 0.6) is 0 Å². The zero-order valence-electron chi connectivity index (χ0n) is 18.8. The predicted octanol–water partition coefficient (Wildman–Crippen LogP) is 5.49. The summed E-state index contributed by atoms with van der Waals surface area (Å²) in [4.78, 5) is 16.6. The number of benzene rings is 2. The average Bonchev–Trinajstić information content (AvgIpc) is 3.39. The van der Waals surface area contributed by atoms with Gasteiger partial charge in [-0.1, -0.05) is 43.4 Å². The maximum Gasteiger partial charge on any atom is 0.309 e. The first-order valence-electron chi connectivity index (χ1n) is 11.2. The summed E-state index contributed by atoms with van der Waals surface area (Å²) in [6.07, 6.45) is 2.79. The number of aliphatic hydroxyl groups is 1. The Morgan fingerprint density at radius 2 is 1.97 bits per heavy atom. The first-order chi connectivity index (χ1) is 16.4. The summed E-state index contributed by atoms with van der Waals surface area (Å²) in [5.41, 5.74) is 4.14. The Bertz CT molecular complexity index is 1340. The molecule has 0 aliphatic carbocycles. The highest BCUT2D eigenvalue weighted by molar-refractivity contribution is 7.20. The van der Waals surface area contributed by atoms with Crippen molar-refractivity contribution >= 4 is 33.6 Å². The third-order valence-corrected chi connectivity index (χ3v) is 6.76. The molecule has 8 heteroatoms.